The summed E-state index contributed by atoms with van der Waals surface area (Å²) in [7, 11) is -3.57. The van der Waals surface area contributed by atoms with Crippen LogP contribution < -0.4 is 4.74 Å². The third-order valence-electron chi connectivity index (χ3n) is 4.34. The molecule has 3 aromatic rings. The van der Waals surface area contributed by atoms with Gasteiger partial charge in [0.15, 0.2) is 0 Å². The second kappa shape index (κ2) is 7.76. The van der Waals surface area contributed by atoms with E-state index >= 15 is 0 Å². The average Bonchev–Trinajstić information content (AvgIpc) is 3.21. The molecule has 0 aromatic heterocycles. The number of rotatable bonds is 5. The first-order valence-corrected chi connectivity index (χ1v) is 11.1. The Kier molecular flexibility index (Phi) is 5.20. The lowest BCUT2D eigenvalue weighted by molar-refractivity contribution is 0.434. The summed E-state index contributed by atoms with van der Waals surface area (Å²) in [4.78, 5) is 0.284. The Labute approximate surface area is 163 Å². The molecule has 6 heteroatoms. The van der Waals surface area contributed by atoms with Crippen LogP contribution in [-0.4, -0.2) is 25.0 Å². The van der Waals surface area contributed by atoms with Crippen LogP contribution in [0.25, 0.3) is 0 Å². The molecule has 1 atom stereocenters. The number of hydrogen-bond donors (Lipinski definition) is 0. The molecular formula is C21H19NO3S2. The number of sulfonamides is 1. The van der Waals surface area contributed by atoms with Crippen LogP contribution in [0.5, 0.6) is 11.5 Å². The van der Waals surface area contributed by atoms with Gasteiger partial charge in [0.25, 0.3) is 0 Å². The highest BCUT2D eigenvalue weighted by atomic mass is 32.2. The molecule has 1 heterocycles. The summed E-state index contributed by atoms with van der Waals surface area (Å²) in [5.74, 6) is 2.11. The van der Waals surface area contributed by atoms with Crippen molar-refractivity contribution in [3.05, 3.63) is 90.5 Å². The topological polar surface area (TPSA) is 46.6 Å². The van der Waals surface area contributed by atoms with Gasteiger partial charge in [-0.1, -0.05) is 48.5 Å². The van der Waals surface area contributed by atoms with Gasteiger partial charge in [-0.2, -0.15) is 4.31 Å². The summed E-state index contributed by atoms with van der Waals surface area (Å²) in [5.41, 5.74) is 1.01. The van der Waals surface area contributed by atoms with Gasteiger partial charge in [-0.15, -0.1) is 11.8 Å². The number of thioether (sulfide) groups is 1. The molecule has 3 aromatic carbocycles. The van der Waals surface area contributed by atoms with Crippen LogP contribution in [0.4, 0.5) is 0 Å². The predicted molar refractivity (Wildman–Crippen MR) is 108 cm³/mol. The number of ether oxygens (including phenoxy) is 1. The zero-order chi connectivity index (χ0) is 18.7. The van der Waals surface area contributed by atoms with Crippen molar-refractivity contribution in [1.82, 2.24) is 4.31 Å². The van der Waals surface area contributed by atoms with E-state index in [1.54, 1.807) is 40.3 Å². The third-order valence-corrected chi connectivity index (χ3v) is 7.62. The molecule has 0 radical (unpaired) electrons. The molecule has 1 aliphatic heterocycles. The van der Waals surface area contributed by atoms with Crippen molar-refractivity contribution >= 4 is 21.8 Å². The van der Waals surface area contributed by atoms with Crippen molar-refractivity contribution < 1.29 is 13.2 Å². The lowest BCUT2D eigenvalue weighted by Gasteiger charge is -2.23. The monoisotopic (exact) mass is 397 g/mol. The van der Waals surface area contributed by atoms with Crippen LogP contribution in [0.15, 0.2) is 89.8 Å². The van der Waals surface area contributed by atoms with Gasteiger partial charge in [-0.25, -0.2) is 8.42 Å². The van der Waals surface area contributed by atoms with Crippen LogP contribution in [0.2, 0.25) is 0 Å². The maximum atomic E-state index is 13.2. The van der Waals surface area contributed by atoms with E-state index in [0.717, 1.165) is 11.3 Å². The number of nitrogens with zero attached hydrogens (tertiary/aromatic N) is 1. The van der Waals surface area contributed by atoms with Gasteiger partial charge in [-0.05, 0) is 42.0 Å². The van der Waals surface area contributed by atoms with Crippen LogP contribution in [0.1, 0.15) is 10.9 Å². The van der Waals surface area contributed by atoms with Crippen molar-refractivity contribution in [3.8, 4) is 11.5 Å². The first-order chi connectivity index (χ1) is 13.1. The summed E-state index contributed by atoms with van der Waals surface area (Å²) < 4.78 is 33.7. The molecule has 0 saturated carbocycles. The maximum Gasteiger partial charge on any atom is 0.244 e. The second-order valence-corrected chi connectivity index (χ2v) is 9.21. The van der Waals surface area contributed by atoms with Crippen LogP contribution in [0, 0.1) is 0 Å². The summed E-state index contributed by atoms with van der Waals surface area (Å²) in [6.07, 6.45) is 0. The minimum atomic E-state index is -3.57. The van der Waals surface area contributed by atoms with Crippen molar-refractivity contribution in [3.63, 3.8) is 0 Å². The first-order valence-electron chi connectivity index (χ1n) is 8.66. The lowest BCUT2D eigenvalue weighted by atomic mass is 10.2. The molecule has 4 rings (SSSR count). The number of para-hydroxylation sites is 1. The quantitative estimate of drug-likeness (QED) is 0.613. The van der Waals surface area contributed by atoms with Crippen molar-refractivity contribution in [2.45, 2.75) is 10.3 Å². The maximum absolute atomic E-state index is 13.2. The van der Waals surface area contributed by atoms with E-state index in [-0.39, 0.29) is 10.3 Å². The van der Waals surface area contributed by atoms with Crippen molar-refractivity contribution in [2.75, 3.05) is 12.3 Å². The predicted octanol–water partition coefficient (Wildman–Crippen LogP) is 4.92. The Hall–Kier alpha value is -2.28. The fourth-order valence-corrected chi connectivity index (χ4v) is 6.26. The Morgan fingerprint density at radius 3 is 2.07 bits per heavy atom. The van der Waals surface area contributed by atoms with E-state index < -0.39 is 10.0 Å². The van der Waals surface area contributed by atoms with Gasteiger partial charge in [0.2, 0.25) is 10.0 Å². The van der Waals surface area contributed by atoms with Gasteiger partial charge in [-0.3, -0.25) is 0 Å². The average molecular weight is 398 g/mol. The first kappa shape index (κ1) is 18.1. The Morgan fingerprint density at radius 1 is 0.815 bits per heavy atom. The highest BCUT2D eigenvalue weighted by molar-refractivity contribution is 8.01. The van der Waals surface area contributed by atoms with E-state index in [2.05, 4.69) is 0 Å². The Balaban J connectivity index is 1.56. The Bertz CT molecular complexity index is 991. The lowest BCUT2D eigenvalue weighted by Crippen LogP contribution is -2.30. The van der Waals surface area contributed by atoms with E-state index in [0.29, 0.717) is 18.0 Å². The Morgan fingerprint density at radius 2 is 1.41 bits per heavy atom. The van der Waals surface area contributed by atoms with Gasteiger partial charge in [0.1, 0.15) is 11.5 Å². The van der Waals surface area contributed by atoms with Crippen molar-refractivity contribution in [2.24, 2.45) is 0 Å². The molecule has 0 amide bonds. The molecule has 1 unspecified atom stereocenters. The zero-order valence-corrected chi connectivity index (χ0v) is 16.2. The molecule has 0 spiro atoms. The fraction of sp³-hybridized carbons (Fsp3) is 0.143. The molecule has 1 fully saturated rings. The molecule has 0 N–H and O–H groups in total. The molecule has 0 bridgehead atoms. The smallest absolute Gasteiger partial charge is 0.244 e. The normalized spacial score (nSPS) is 17.7. The molecule has 1 saturated heterocycles. The number of hydrogen-bond acceptors (Lipinski definition) is 4. The summed E-state index contributed by atoms with van der Waals surface area (Å²) in [6, 6.07) is 25.8. The fourth-order valence-electron chi connectivity index (χ4n) is 3.02. The van der Waals surface area contributed by atoms with Gasteiger partial charge >= 0.3 is 0 Å². The van der Waals surface area contributed by atoms with E-state index in [9.17, 15) is 8.42 Å². The zero-order valence-electron chi connectivity index (χ0n) is 14.6. The summed E-state index contributed by atoms with van der Waals surface area (Å²) >= 11 is 1.65. The van der Waals surface area contributed by atoms with E-state index in [1.165, 1.54) is 0 Å². The van der Waals surface area contributed by atoms with Crippen LogP contribution in [0.3, 0.4) is 0 Å². The van der Waals surface area contributed by atoms with E-state index in [1.807, 2.05) is 60.7 Å². The summed E-state index contributed by atoms with van der Waals surface area (Å²) in [6.45, 7) is 0.509. The van der Waals surface area contributed by atoms with Gasteiger partial charge < -0.3 is 4.74 Å². The van der Waals surface area contributed by atoms with Crippen LogP contribution in [-0.2, 0) is 10.0 Å². The minimum Gasteiger partial charge on any atom is -0.457 e. The second-order valence-electron chi connectivity index (χ2n) is 6.14. The molecule has 0 aliphatic carbocycles. The number of benzene rings is 3. The molecule has 138 valence electrons. The summed E-state index contributed by atoms with van der Waals surface area (Å²) in [5, 5.41) is -0.184. The molecule has 1 aliphatic rings. The molecular weight excluding hydrogens is 378 g/mol. The largest absolute Gasteiger partial charge is 0.457 e. The molecule has 4 nitrogen and oxygen atoms in total. The van der Waals surface area contributed by atoms with Crippen molar-refractivity contribution in [1.29, 1.82) is 0 Å². The highest BCUT2D eigenvalue weighted by Gasteiger charge is 2.36. The molecule has 27 heavy (non-hydrogen) atoms. The SMILES string of the molecule is O=S(=O)(c1ccc(Oc2ccccc2)cc1)N1CCSC1c1ccccc1. The van der Waals surface area contributed by atoms with E-state index in [4.69, 9.17) is 4.74 Å². The minimum absolute atomic E-state index is 0.184. The third kappa shape index (κ3) is 3.88. The van der Waals surface area contributed by atoms with Crippen LogP contribution >= 0.6 is 11.8 Å². The standard InChI is InChI=1S/C21H19NO3S2/c23-27(24,22-15-16-26-21(22)17-7-3-1-4-8-17)20-13-11-19(12-14-20)25-18-9-5-2-6-10-18/h1-14,21H,15-16H2. The van der Waals surface area contributed by atoms with Gasteiger partial charge in [0, 0.05) is 12.3 Å². The van der Waals surface area contributed by atoms with Gasteiger partial charge in [0.05, 0.1) is 10.3 Å². The highest BCUT2D eigenvalue weighted by Crippen LogP contribution is 2.41.